The minimum Gasteiger partial charge on any atom is -0.335 e. The molecule has 0 bridgehead atoms. The first-order valence-corrected chi connectivity index (χ1v) is 8.16. The van der Waals surface area contributed by atoms with Crippen LogP contribution in [0.25, 0.3) is 0 Å². The maximum atomic E-state index is 4.75. The standard InChI is InChI=1S/C15H13IN2S/c16-12-7-4-8-13(9-12)17-15-18-14(10-19-15)11-5-2-1-3-6-11/h1-9,14H,10H2,(H,17,18). The minimum atomic E-state index is 0.275. The number of hydrogen-bond donors (Lipinski definition) is 1. The fraction of sp³-hybridized carbons (Fsp3) is 0.133. The second-order valence-electron chi connectivity index (χ2n) is 4.31. The minimum absolute atomic E-state index is 0.275. The molecule has 2 nitrogen and oxygen atoms in total. The Labute approximate surface area is 130 Å². The number of amidine groups is 1. The van der Waals surface area contributed by atoms with Crippen molar-refractivity contribution < 1.29 is 0 Å². The summed E-state index contributed by atoms with van der Waals surface area (Å²) in [6.45, 7) is 0. The van der Waals surface area contributed by atoms with Gasteiger partial charge in [-0.2, -0.15) is 0 Å². The van der Waals surface area contributed by atoms with E-state index in [2.05, 4.69) is 76.4 Å². The van der Waals surface area contributed by atoms with Crippen molar-refractivity contribution in [2.24, 2.45) is 4.99 Å². The van der Waals surface area contributed by atoms with Crippen LogP contribution < -0.4 is 5.32 Å². The summed E-state index contributed by atoms with van der Waals surface area (Å²) in [6, 6.07) is 19.1. The van der Waals surface area contributed by atoms with E-state index in [-0.39, 0.29) is 6.04 Å². The highest BCUT2D eigenvalue weighted by Crippen LogP contribution is 2.30. The first kappa shape index (κ1) is 13.0. The van der Waals surface area contributed by atoms with E-state index in [1.54, 1.807) is 11.8 Å². The van der Waals surface area contributed by atoms with Crippen LogP contribution in [0.5, 0.6) is 0 Å². The van der Waals surface area contributed by atoms with Gasteiger partial charge in [0, 0.05) is 15.0 Å². The molecule has 0 fully saturated rings. The van der Waals surface area contributed by atoms with Crippen molar-refractivity contribution in [3.05, 3.63) is 63.7 Å². The number of halogens is 1. The zero-order chi connectivity index (χ0) is 13.1. The van der Waals surface area contributed by atoms with E-state index in [0.29, 0.717) is 0 Å². The number of anilines is 1. The van der Waals surface area contributed by atoms with E-state index < -0.39 is 0 Å². The molecular formula is C15H13IN2S. The summed E-state index contributed by atoms with van der Waals surface area (Å²) in [5.41, 5.74) is 2.39. The molecule has 0 aliphatic carbocycles. The lowest BCUT2D eigenvalue weighted by Gasteiger charge is -2.05. The Morgan fingerprint density at radius 3 is 2.74 bits per heavy atom. The zero-order valence-electron chi connectivity index (χ0n) is 10.2. The summed E-state index contributed by atoms with van der Waals surface area (Å²) in [6.07, 6.45) is 0. The van der Waals surface area contributed by atoms with Crippen molar-refractivity contribution in [3.63, 3.8) is 0 Å². The van der Waals surface area contributed by atoms with Crippen molar-refractivity contribution in [2.75, 3.05) is 11.1 Å². The van der Waals surface area contributed by atoms with Gasteiger partial charge in [0.15, 0.2) is 5.17 Å². The van der Waals surface area contributed by atoms with Crippen LogP contribution in [0.15, 0.2) is 59.6 Å². The van der Waals surface area contributed by atoms with Gasteiger partial charge in [-0.1, -0.05) is 48.2 Å². The third-order valence-corrected chi connectivity index (χ3v) is 4.55. The van der Waals surface area contributed by atoms with Gasteiger partial charge < -0.3 is 5.32 Å². The molecule has 0 saturated heterocycles. The lowest BCUT2D eigenvalue weighted by atomic mass is 10.1. The van der Waals surface area contributed by atoms with Gasteiger partial charge in [-0.3, -0.25) is 4.99 Å². The van der Waals surface area contributed by atoms with Crippen molar-refractivity contribution in [1.82, 2.24) is 0 Å². The van der Waals surface area contributed by atoms with Crippen LogP contribution in [0.2, 0.25) is 0 Å². The SMILES string of the molecule is Ic1cccc(NC2=NC(c3ccccc3)CS2)c1. The number of thioether (sulfide) groups is 1. The third kappa shape index (κ3) is 3.30. The third-order valence-electron chi connectivity index (χ3n) is 2.91. The molecule has 4 heteroatoms. The van der Waals surface area contributed by atoms with Crippen LogP contribution in [0.1, 0.15) is 11.6 Å². The van der Waals surface area contributed by atoms with Gasteiger partial charge in [-0.25, -0.2) is 0 Å². The Morgan fingerprint density at radius 2 is 1.95 bits per heavy atom. The predicted molar refractivity (Wildman–Crippen MR) is 91.9 cm³/mol. The fourth-order valence-electron chi connectivity index (χ4n) is 1.98. The van der Waals surface area contributed by atoms with Crippen molar-refractivity contribution in [1.29, 1.82) is 0 Å². The summed E-state index contributed by atoms with van der Waals surface area (Å²) in [7, 11) is 0. The van der Waals surface area contributed by atoms with E-state index in [1.807, 2.05) is 6.07 Å². The molecule has 0 spiro atoms. The van der Waals surface area contributed by atoms with Gasteiger partial charge in [0.25, 0.3) is 0 Å². The summed E-state index contributed by atoms with van der Waals surface area (Å²) in [5.74, 6) is 1.01. The highest BCUT2D eigenvalue weighted by Gasteiger charge is 2.19. The van der Waals surface area contributed by atoms with E-state index in [9.17, 15) is 0 Å². The molecule has 96 valence electrons. The zero-order valence-corrected chi connectivity index (χ0v) is 13.2. The van der Waals surface area contributed by atoms with Gasteiger partial charge in [-0.05, 0) is 46.4 Å². The molecule has 0 amide bonds. The topological polar surface area (TPSA) is 24.4 Å². The van der Waals surface area contributed by atoms with Crippen molar-refractivity contribution in [3.8, 4) is 0 Å². The Balaban J connectivity index is 1.74. The molecule has 1 atom stereocenters. The number of rotatable bonds is 2. The molecule has 1 N–H and O–H groups in total. The van der Waals surface area contributed by atoms with Crippen LogP contribution >= 0.6 is 34.4 Å². The normalized spacial score (nSPS) is 18.2. The van der Waals surface area contributed by atoms with Crippen LogP contribution in [0, 0.1) is 3.57 Å². The second kappa shape index (κ2) is 5.96. The Kier molecular flexibility index (Phi) is 4.08. The molecule has 0 saturated carbocycles. The highest BCUT2D eigenvalue weighted by molar-refractivity contribution is 14.1. The first-order chi connectivity index (χ1) is 9.31. The van der Waals surface area contributed by atoms with Gasteiger partial charge in [-0.15, -0.1) is 0 Å². The molecule has 2 aromatic rings. The molecule has 3 rings (SSSR count). The number of aliphatic imine (C=N–C) groups is 1. The Morgan fingerprint density at radius 1 is 1.11 bits per heavy atom. The smallest absolute Gasteiger partial charge is 0.161 e. The molecule has 19 heavy (non-hydrogen) atoms. The van der Waals surface area contributed by atoms with E-state index >= 15 is 0 Å². The van der Waals surface area contributed by atoms with Gasteiger partial charge >= 0.3 is 0 Å². The fourth-order valence-corrected chi connectivity index (χ4v) is 3.50. The Hall–Kier alpha value is -1.01. The number of nitrogens with one attached hydrogen (secondary N) is 1. The molecule has 1 heterocycles. The lowest BCUT2D eigenvalue weighted by molar-refractivity contribution is 0.849. The van der Waals surface area contributed by atoms with Gasteiger partial charge in [0.2, 0.25) is 0 Å². The average molecular weight is 380 g/mol. The van der Waals surface area contributed by atoms with Gasteiger partial charge in [0.1, 0.15) is 0 Å². The maximum absolute atomic E-state index is 4.75. The van der Waals surface area contributed by atoms with Crippen LogP contribution in [0.4, 0.5) is 5.69 Å². The Bertz CT molecular complexity index is 598. The summed E-state index contributed by atoms with van der Waals surface area (Å²) in [5, 5.41) is 4.40. The first-order valence-electron chi connectivity index (χ1n) is 6.09. The van der Waals surface area contributed by atoms with Crippen LogP contribution in [-0.4, -0.2) is 10.9 Å². The summed E-state index contributed by atoms with van der Waals surface area (Å²) < 4.78 is 1.23. The lowest BCUT2D eigenvalue weighted by Crippen LogP contribution is -2.04. The number of benzene rings is 2. The van der Waals surface area contributed by atoms with Crippen molar-refractivity contribution in [2.45, 2.75) is 6.04 Å². The largest absolute Gasteiger partial charge is 0.335 e. The molecule has 1 aliphatic heterocycles. The molecular weight excluding hydrogens is 367 g/mol. The van der Waals surface area contributed by atoms with E-state index in [4.69, 9.17) is 4.99 Å². The average Bonchev–Trinajstić information content (AvgIpc) is 2.88. The van der Waals surface area contributed by atoms with E-state index in [0.717, 1.165) is 16.6 Å². The quantitative estimate of drug-likeness (QED) is 0.774. The number of nitrogens with zero attached hydrogens (tertiary/aromatic N) is 1. The maximum Gasteiger partial charge on any atom is 0.161 e. The van der Waals surface area contributed by atoms with E-state index in [1.165, 1.54) is 9.13 Å². The molecule has 2 aromatic carbocycles. The number of hydrogen-bond acceptors (Lipinski definition) is 3. The predicted octanol–water partition coefficient (Wildman–Crippen LogP) is 4.55. The summed E-state index contributed by atoms with van der Waals surface area (Å²) >= 11 is 4.10. The monoisotopic (exact) mass is 380 g/mol. The summed E-state index contributed by atoms with van der Waals surface area (Å²) in [4.78, 5) is 4.75. The van der Waals surface area contributed by atoms with Crippen LogP contribution in [-0.2, 0) is 0 Å². The molecule has 0 aromatic heterocycles. The second-order valence-corrected chi connectivity index (χ2v) is 6.56. The molecule has 1 aliphatic rings. The highest BCUT2D eigenvalue weighted by atomic mass is 127. The van der Waals surface area contributed by atoms with Gasteiger partial charge in [0.05, 0.1) is 6.04 Å². The van der Waals surface area contributed by atoms with Crippen LogP contribution in [0.3, 0.4) is 0 Å². The van der Waals surface area contributed by atoms with Crippen molar-refractivity contribution >= 4 is 45.2 Å². The molecule has 1 unspecified atom stereocenters. The molecule has 0 radical (unpaired) electrons.